The number of nitrogens with zero attached hydrogens (tertiary/aromatic N) is 1. The van der Waals surface area contributed by atoms with Crippen LogP contribution in [0.25, 0.3) is 0 Å². The molecule has 2 N–H and O–H groups in total. The summed E-state index contributed by atoms with van der Waals surface area (Å²) in [7, 11) is -1.77. The third-order valence-corrected chi connectivity index (χ3v) is 8.12. The number of carboxylic acids is 1. The fourth-order valence-electron chi connectivity index (χ4n) is 3.88. The summed E-state index contributed by atoms with van der Waals surface area (Å²) in [5.74, 6) is -1.37. The number of carboxylic acid groups (broad SMARTS) is 1. The lowest BCUT2D eigenvalue weighted by atomic mass is 9.95. The van der Waals surface area contributed by atoms with E-state index in [9.17, 15) is 23.1 Å². The van der Waals surface area contributed by atoms with Crippen LogP contribution in [0.15, 0.2) is 47.4 Å². The third kappa shape index (κ3) is 5.31. The van der Waals surface area contributed by atoms with Crippen molar-refractivity contribution in [3.63, 3.8) is 0 Å². The number of carbonyl (C=O) groups is 2. The lowest BCUT2D eigenvalue weighted by molar-refractivity contribution is -0.146. The number of sulfonamides is 1. The van der Waals surface area contributed by atoms with Crippen LogP contribution in [0.4, 0.5) is 0 Å². The van der Waals surface area contributed by atoms with Gasteiger partial charge >= 0.3 is 5.97 Å². The molecular formula is C23H28N2O7S2. The largest absolute Gasteiger partial charge is 0.493 e. The number of ether oxygens (including phenoxy) is 2. The summed E-state index contributed by atoms with van der Waals surface area (Å²) in [6, 6.07) is 9.01. The van der Waals surface area contributed by atoms with E-state index in [4.69, 9.17) is 9.47 Å². The minimum absolute atomic E-state index is 0.0297. The number of methoxy groups -OCH3 is 2. The van der Waals surface area contributed by atoms with Crippen molar-refractivity contribution in [3.8, 4) is 11.5 Å². The minimum Gasteiger partial charge on any atom is -0.493 e. The molecule has 0 saturated carbocycles. The number of fused-ring (bicyclic) bond motifs is 1. The smallest absolute Gasteiger partial charge is 0.327 e. The first-order valence-corrected chi connectivity index (χ1v) is 13.4. The molecule has 0 fully saturated rings. The van der Waals surface area contributed by atoms with Gasteiger partial charge in [0.25, 0.3) is 15.9 Å². The normalized spacial score (nSPS) is 16.3. The number of aliphatic carboxylic acids is 1. The van der Waals surface area contributed by atoms with E-state index in [2.05, 4.69) is 5.32 Å². The molecule has 2 aromatic carbocycles. The number of thioether (sulfide) groups is 1. The van der Waals surface area contributed by atoms with Gasteiger partial charge in [-0.15, -0.1) is 0 Å². The maximum Gasteiger partial charge on any atom is 0.327 e. The maximum atomic E-state index is 13.7. The molecule has 9 nitrogen and oxygen atoms in total. The molecule has 184 valence electrons. The second kappa shape index (κ2) is 11.1. The van der Waals surface area contributed by atoms with Gasteiger partial charge in [0.15, 0.2) is 11.5 Å². The van der Waals surface area contributed by atoms with Crippen molar-refractivity contribution in [3.05, 3.63) is 53.6 Å². The summed E-state index contributed by atoms with van der Waals surface area (Å²) in [4.78, 5) is 25.6. The maximum absolute atomic E-state index is 13.7. The van der Waals surface area contributed by atoms with Crippen LogP contribution in [0.2, 0.25) is 0 Å². The highest BCUT2D eigenvalue weighted by Gasteiger charge is 2.43. The summed E-state index contributed by atoms with van der Waals surface area (Å²) in [5.41, 5.74) is 1.93. The van der Waals surface area contributed by atoms with Gasteiger partial charge in [-0.2, -0.15) is 11.8 Å². The van der Waals surface area contributed by atoms with E-state index >= 15 is 0 Å². The van der Waals surface area contributed by atoms with E-state index in [1.54, 1.807) is 6.26 Å². The molecule has 2 atom stereocenters. The number of rotatable bonds is 10. The van der Waals surface area contributed by atoms with Crippen LogP contribution in [-0.4, -0.2) is 68.0 Å². The number of carbonyl (C=O) groups excluding carboxylic acids is 1. The number of hydrogen-bond acceptors (Lipinski definition) is 8. The molecule has 0 aliphatic carbocycles. The van der Waals surface area contributed by atoms with Gasteiger partial charge in [0.2, 0.25) is 0 Å². The highest BCUT2D eigenvalue weighted by atomic mass is 32.2. The van der Waals surface area contributed by atoms with E-state index < -0.39 is 34.0 Å². The Hall–Kier alpha value is -2.76. The quantitative estimate of drug-likeness (QED) is 0.497. The summed E-state index contributed by atoms with van der Waals surface area (Å²) in [5, 5.41) is 13.0. The Balaban J connectivity index is 2.06. The van der Waals surface area contributed by atoms with Crippen molar-refractivity contribution in [2.75, 3.05) is 26.2 Å². The first-order valence-electron chi connectivity index (χ1n) is 10.6. The SMILES string of the molecule is COc1ccc(S(=O)(=O)N(C(=O)[C@@H]2Cc3ccccc3CN2)[C@@H](CCSC)C(=O)O)cc1OC. The van der Waals surface area contributed by atoms with E-state index in [1.807, 2.05) is 24.3 Å². The molecule has 11 heteroatoms. The summed E-state index contributed by atoms with van der Waals surface area (Å²) in [6.07, 6.45) is 2.01. The molecule has 3 rings (SSSR count). The molecule has 0 unspecified atom stereocenters. The first kappa shape index (κ1) is 25.9. The number of hydrogen-bond donors (Lipinski definition) is 2. The van der Waals surface area contributed by atoms with Crippen molar-refractivity contribution in [1.82, 2.24) is 9.62 Å². The van der Waals surface area contributed by atoms with Crippen molar-refractivity contribution in [2.45, 2.75) is 36.4 Å². The Morgan fingerprint density at radius 2 is 1.82 bits per heavy atom. The third-order valence-electron chi connectivity index (χ3n) is 5.67. The van der Waals surface area contributed by atoms with Gasteiger partial charge in [0, 0.05) is 12.6 Å². The molecule has 1 amide bonds. The van der Waals surface area contributed by atoms with Crippen molar-refractivity contribution >= 4 is 33.7 Å². The molecule has 0 radical (unpaired) electrons. The Kier molecular flexibility index (Phi) is 8.45. The van der Waals surface area contributed by atoms with Crippen LogP contribution in [-0.2, 0) is 32.6 Å². The van der Waals surface area contributed by atoms with Gasteiger partial charge in [0.05, 0.1) is 25.2 Å². The van der Waals surface area contributed by atoms with Crippen molar-refractivity contribution in [1.29, 1.82) is 0 Å². The van der Waals surface area contributed by atoms with Crippen molar-refractivity contribution < 1.29 is 32.6 Å². The lowest BCUT2D eigenvalue weighted by Crippen LogP contribution is -2.56. The first-order chi connectivity index (χ1) is 16.2. The lowest BCUT2D eigenvalue weighted by Gasteiger charge is -2.33. The van der Waals surface area contributed by atoms with E-state index in [0.717, 1.165) is 11.1 Å². The highest BCUT2D eigenvalue weighted by molar-refractivity contribution is 7.98. The predicted octanol–water partition coefficient (Wildman–Crippen LogP) is 2.14. The van der Waals surface area contributed by atoms with E-state index in [0.29, 0.717) is 22.4 Å². The minimum atomic E-state index is -4.54. The Morgan fingerprint density at radius 1 is 1.15 bits per heavy atom. The molecule has 1 aliphatic rings. The second-order valence-electron chi connectivity index (χ2n) is 7.70. The molecule has 0 saturated heterocycles. The Labute approximate surface area is 203 Å². The highest BCUT2D eigenvalue weighted by Crippen LogP contribution is 2.32. The fraction of sp³-hybridized carbons (Fsp3) is 0.391. The monoisotopic (exact) mass is 508 g/mol. The summed E-state index contributed by atoms with van der Waals surface area (Å²) in [6.45, 7) is 0.374. The molecular weight excluding hydrogens is 480 g/mol. The molecule has 2 aromatic rings. The Morgan fingerprint density at radius 3 is 2.44 bits per heavy atom. The second-order valence-corrected chi connectivity index (χ2v) is 10.5. The van der Waals surface area contributed by atoms with Crippen LogP contribution in [0.3, 0.4) is 0 Å². The average Bonchev–Trinajstić information content (AvgIpc) is 2.84. The molecule has 0 bridgehead atoms. The van der Waals surface area contributed by atoms with Gasteiger partial charge < -0.3 is 19.9 Å². The zero-order valence-corrected chi connectivity index (χ0v) is 20.8. The Bertz CT molecular complexity index is 1150. The number of amides is 1. The topological polar surface area (TPSA) is 122 Å². The fourth-order valence-corrected chi connectivity index (χ4v) is 5.96. The van der Waals surface area contributed by atoms with E-state index in [1.165, 1.54) is 44.2 Å². The van der Waals surface area contributed by atoms with Gasteiger partial charge in [-0.05, 0) is 48.1 Å². The zero-order chi connectivity index (χ0) is 24.9. The van der Waals surface area contributed by atoms with Crippen LogP contribution >= 0.6 is 11.8 Å². The van der Waals surface area contributed by atoms with E-state index in [-0.39, 0.29) is 23.5 Å². The van der Waals surface area contributed by atoms with Crippen LogP contribution < -0.4 is 14.8 Å². The molecule has 1 aliphatic heterocycles. The van der Waals surface area contributed by atoms with Gasteiger partial charge in [-0.25, -0.2) is 17.5 Å². The standard InChI is InChI=1S/C23H28N2O7S2/c1-31-20-9-8-17(13-21(20)32-2)34(29,30)25(19(23(27)28)10-11-33-3)22(26)18-12-15-6-4-5-7-16(15)14-24-18/h4-9,13,18-19,24H,10-12,14H2,1-3H3,(H,27,28)/t18-,19-/m0/s1. The predicted molar refractivity (Wildman–Crippen MR) is 129 cm³/mol. The number of benzene rings is 2. The molecule has 1 heterocycles. The zero-order valence-electron chi connectivity index (χ0n) is 19.2. The summed E-state index contributed by atoms with van der Waals surface area (Å²) < 4.78 is 38.4. The van der Waals surface area contributed by atoms with Crippen LogP contribution in [0.1, 0.15) is 17.5 Å². The summed E-state index contributed by atoms with van der Waals surface area (Å²) >= 11 is 1.37. The van der Waals surface area contributed by atoms with Crippen LogP contribution in [0.5, 0.6) is 11.5 Å². The molecule has 0 aromatic heterocycles. The molecule has 0 spiro atoms. The van der Waals surface area contributed by atoms with Crippen molar-refractivity contribution in [2.24, 2.45) is 0 Å². The average molecular weight is 509 g/mol. The molecule has 34 heavy (non-hydrogen) atoms. The number of nitrogens with one attached hydrogen (secondary N) is 1. The van der Waals surface area contributed by atoms with Gasteiger partial charge in [-0.1, -0.05) is 24.3 Å². The van der Waals surface area contributed by atoms with Crippen LogP contribution in [0, 0.1) is 0 Å². The van der Waals surface area contributed by atoms with Gasteiger partial charge in [-0.3, -0.25) is 4.79 Å². The van der Waals surface area contributed by atoms with Gasteiger partial charge in [0.1, 0.15) is 6.04 Å².